The maximum absolute atomic E-state index is 12.2. The summed E-state index contributed by atoms with van der Waals surface area (Å²) in [7, 11) is 1.87. The van der Waals surface area contributed by atoms with E-state index >= 15 is 0 Å². The fourth-order valence-electron chi connectivity index (χ4n) is 2.73. The normalized spacial score (nSPS) is 11.9. The highest BCUT2D eigenvalue weighted by Gasteiger charge is 2.18. The lowest BCUT2D eigenvalue weighted by Crippen LogP contribution is -2.14. The molecule has 1 aromatic heterocycles. The third-order valence-electron chi connectivity index (χ3n) is 4.34. The van der Waals surface area contributed by atoms with Gasteiger partial charge in [-0.1, -0.05) is 42.4 Å². The molecule has 0 unspecified atom stereocenters. The zero-order valence-corrected chi connectivity index (χ0v) is 18.1. The number of amides is 1. The lowest BCUT2D eigenvalue weighted by molar-refractivity contribution is -0.113. The minimum atomic E-state index is -0.266. The van der Waals surface area contributed by atoms with Crippen LogP contribution in [0, 0.1) is 0 Å². The molecule has 0 aliphatic rings. The molecule has 1 atom stereocenters. The summed E-state index contributed by atoms with van der Waals surface area (Å²) in [5, 5.41) is 12.5. The van der Waals surface area contributed by atoms with Gasteiger partial charge in [-0.15, -0.1) is 10.2 Å². The van der Waals surface area contributed by atoms with Crippen molar-refractivity contribution in [1.29, 1.82) is 0 Å². The molecule has 1 heterocycles. The van der Waals surface area contributed by atoms with Crippen molar-refractivity contribution >= 4 is 35.0 Å². The van der Waals surface area contributed by atoms with Crippen LogP contribution in [0.2, 0.25) is 5.02 Å². The molecule has 29 heavy (non-hydrogen) atoms. The van der Waals surface area contributed by atoms with Gasteiger partial charge in [0.1, 0.15) is 5.75 Å². The van der Waals surface area contributed by atoms with Crippen LogP contribution >= 0.6 is 23.4 Å². The first kappa shape index (κ1) is 21.2. The SMILES string of the molecule is CCc1ccc(O[C@@H](C)c2nnc(SCC(=O)Nc3ccc(Cl)cc3)n2C)cc1. The predicted molar refractivity (Wildman–Crippen MR) is 117 cm³/mol. The molecule has 1 N–H and O–H groups in total. The summed E-state index contributed by atoms with van der Waals surface area (Å²) in [5.74, 6) is 1.59. The van der Waals surface area contributed by atoms with Crippen molar-refractivity contribution < 1.29 is 9.53 Å². The van der Waals surface area contributed by atoms with Gasteiger partial charge in [0.15, 0.2) is 17.1 Å². The summed E-state index contributed by atoms with van der Waals surface area (Å²) in [4.78, 5) is 12.2. The van der Waals surface area contributed by atoms with Crippen molar-refractivity contribution in [2.75, 3.05) is 11.1 Å². The highest BCUT2D eigenvalue weighted by molar-refractivity contribution is 7.99. The van der Waals surface area contributed by atoms with E-state index in [4.69, 9.17) is 16.3 Å². The number of hydrogen-bond donors (Lipinski definition) is 1. The molecular weight excluding hydrogens is 408 g/mol. The number of nitrogens with one attached hydrogen (secondary N) is 1. The number of hydrogen-bond acceptors (Lipinski definition) is 5. The molecule has 0 bridgehead atoms. The van der Waals surface area contributed by atoms with Crippen LogP contribution in [0.4, 0.5) is 5.69 Å². The number of carbonyl (C=O) groups excluding carboxylic acids is 1. The van der Waals surface area contributed by atoms with Crippen molar-refractivity contribution in [3.05, 3.63) is 64.9 Å². The Balaban J connectivity index is 1.56. The molecule has 8 heteroatoms. The fourth-order valence-corrected chi connectivity index (χ4v) is 3.57. The number of anilines is 1. The third-order valence-corrected chi connectivity index (χ3v) is 5.61. The molecule has 0 spiro atoms. The maximum Gasteiger partial charge on any atom is 0.234 e. The zero-order valence-electron chi connectivity index (χ0n) is 16.6. The summed E-state index contributed by atoms with van der Waals surface area (Å²) in [6, 6.07) is 15.0. The highest BCUT2D eigenvalue weighted by Crippen LogP contribution is 2.24. The van der Waals surface area contributed by atoms with Gasteiger partial charge in [-0.3, -0.25) is 4.79 Å². The fraction of sp³-hybridized carbons (Fsp3) is 0.286. The van der Waals surface area contributed by atoms with Gasteiger partial charge in [0, 0.05) is 17.8 Å². The van der Waals surface area contributed by atoms with Gasteiger partial charge in [0.2, 0.25) is 5.91 Å². The minimum absolute atomic E-state index is 0.123. The van der Waals surface area contributed by atoms with Gasteiger partial charge in [-0.05, 0) is 55.3 Å². The van der Waals surface area contributed by atoms with E-state index in [9.17, 15) is 4.79 Å². The second-order valence-corrected chi connectivity index (χ2v) is 7.88. The Hall–Kier alpha value is -2.51. The van der Waals surface area contributed by atoms with Gasteiger partial charge in [0.05, 0.1) is 5.75 Å². The number of rotatable bonds is 8. The molecule has 0 aliphatic heterocycles. The summed E-state index contributed by atoms with van der Waals surface area (Å²) < 4.78 is 7.84. The van der Waals surface area contributed by atoms with E-state index in [1.165, 1.54) is 17.3 Å². The van der Waals surface area contributed by atoms with E-state index < -0.39 is 0 Å². The van der Waals surface area contributed by atoms with Crippen molar-refractivity contribution in [2.45, 2.75) is 31.5 Å². The standard InChI is InChI=1S/C21H23ClN4O2S/c1-4-15-5-11-18(12-6-15)28-14(2)20-24-25-21(26(20)3)29-13-19(27)23-17-9-7-16(22)8-10-17/h5-12,14H,4,13H2,1-3H3,(H,23,27)/t14-/m0/s1. The van der Waals surface area contributed by atoms with Crippen LogP contribution in [-0.2, 0) is 18.3 Å². The first-order chi connectivity index (χ1) is 14.0. The zero-order chi connectivity index (χ0) is 20.8. The van der Waals surface area contributed by atoms with Crippen LogP contribution in [0.5, 0.6) is 5.75 Å². The molecule has 0 saturated heterocycles. The molecule has 152 valence electrons. The van der Waals surface area contributed by atoms with Crippen LogP contribution in [0.1, 0.15) is 31.3 Å². The van der Waals surface area contributed by atoms with Crippen molar-refractivity contribution in [1.82, 2.24) is 14.8 Å². The molecule has 0 saturated carbocycles. The molecule has 0 aliphatic carbocycles. The molecule has 3 rings (SSSR count). The van der Waals surface area contributed by atoms with Crippen LogP contribution in [0.25, 0.3) is 0 Å². The van der Waals surface area contributed by atoms with Crippen LogP contribution in [0.3, 0.4) is 0 Å². The smallest absolute Gasteiger partial charge is 0.234 e. The number of thioether (sulfide) groups is 1. The molecule has 1 amide bonds. The third kappa shape index (κ3) is 5.74. The highest BCUT2D eigenvalue weighted by atomic mass is 35.5. The topological polar surface area (TPSA) is 69.0 Å². The van der Waals surface area contributed by atoms with E-state index in [0.29, 0.717) is 21.7 Å². The number of aromatic nitrogens is 3. The van der Waals surface area contributed by atoms with Crippen LogP contribution in [0.15, 0.2) is 53.7 Å². The van der Waals surface area contributed by atoms with Crippen LogP contribution in [-0.4, -0.2) is 26.4 Å². The van der Waals surface area contributed by atoms with E-state index in [1.807, 2.05) is 30.7 Å². The first-order valence-electron chi connectivity index (χ1n) is 9.29. The molecule has 0 radical (unpaired) electrons. The molecule has 2 aromatic carbocycles. The lowest BCUT2D eigenvalue weighted by atomic mass is 10.2. The molecule has 0 fully saturated rings. The lowest BCUT2D eigenvalue weighted by Gasteiger charge is -2.14. The summed E-state index contributed by atoms with van der Waals surface area (Å²) in [6.45, 7) is 4.05. The van der Waals surface area contributed by atoms with Crippen molar-refractivity contribution in [3.63, 3.8) is 0 Å². The number of halogens is 1. The number of benzene rings is 2. The quantitative estimate of drug-likeness (QED) is 0.514. The first-order valence-corrected chi connectivity index (χ1v) is 10.7. The average molecular weight is 431 g/mol. The Kier molecular flexibility index (Phi) is 7.17. The molecular formula is C21H23ClN4O2S. The summed E-state index contributed by atoms with van der Waals surface area (Å²) in [5.41, 5.74) is 1.97. The van der Waals surface area contributed by atoms with Gasteiger partial charge in [-0.2, -0.15) is 0 Å². The maximum atomic E-state index is 12.2. The van der Waals surface area contributed by atoms with Crippen molar-refractivity contribution in [2.24, 2.45) is 7.05 Å². The summed E-state index contributed by atoms with van der Waals surface area (Å²) in [6.07, 6.45) is 0.725. The molecule has 6 nitrogen and oxygen atoms in total. The average Bonchev–Trinajstić information content (AvgIpc) is 3.09. The van der Waals surface area contributed by atoms with Gasteiger partial charge < -0.3 is 14.6 Å². The Morgan fingerprint density at radius 3 is 2.52 bits per heavy atom. The Bertz CT molecular complexity index is 958. The second kappa shape index (κ2) is 9.80. The Labute approximate surface area is 179 Å². The van der Waals surface area contributed by atoms with E-state index in [2.05, 4.69) is 34.6 Å². The van der Waals surface area contributed by atoms with Gasteiger partial charge in [-0.25, -0.2) is 0 Å². The van der Waals surface area contributed by atoms with Gasteiger partial charge in [0.25, 0.3) is 0 Å². The minimum Gasteiger partial charge on any atom is -0.483 e. The van der Waals surface area contributed by atoms with E-state index in [1.54, 1.807) is 24.3 Å². The van der Waals surface area contributed by atoms with Crippen molar-refractivity contribution in [3.8, 4) is 5.75 Å². The van der Waals surface area contributed by atoms with E-state index in [0.717, 1.165) is 12.2 Å². The Morgan fingerprint density at radius 2 is 1.86 bits per heavy atom. The van der Waals surface area contributed by atoms with Gasteiger partial charge >= 0.3 is 0 Å². The van der Waals surface area contributed by atoms with E-state index in [-0.39, 0.29) is 17.8 Å². The number of ether oxygens (including phenoxy) is 1. The number of nitrogens with zero attached hydrogens (tertiary/aromatic N) is 3. The number of aryl methyl sites for hydroxylation is 1. The second-order valence-electron chi connectivity index (χ2n) is 6.50. The Morgan fingerprint density at radius 1 is 1.17 bits per heavy atom. The molecule has 3 aromatic rings. The predicted octanol–water partition coefficient (Wildman–Crippen LogP) is 4.90. The monoisotopic (exact) mass is 430 g/mol. The largest absolute Gasteiger partial charge is 0.483 e. The number of carbonyl (C=O) groups is 1. The van der Waals surface area contributed by atoms with Crippen LogP contribution < -0.4 is 10.1 Å². The summed E-state index contributed by atoms with van der Waals surface area (Å²) >= 11 is 7.18.